The first-order chi connectivity index (χ1) is 57.9. The van der Waals surface area contributed by atoms with Crippen molar-refractivity contribution < 1.29 is 82.1 Å². The second-order valence-corrected chi connectivity index (χ2v) is 38.7. The van der Waals surface area contributed by atoms with Gasteiger partial charge < -0.3 is 89.4 Å². The summed E-state index contributed by atoms with van der Waals surface area (Å²) in [5, 5.41) is 54.6. The number of hydrogen-bond acceptors (Lipinski definition) is 18. The van der Waals surface area contributed by atoms with Crippen molar-refractivity contribution in [2.45, 2.75) is 345 Å². The predicted molar refractivity (Wildman–Crippen MR) is 466 cm³/mol. The Balaban J connectivity index is 1.02. The summed E-state index contributed by atoms with van der Waals surface area (Å²) in [6.45, 7) is 35.2. The summed E-state index contributed by atoms with van der Waals surface area (Å²) in [4.78, 5) is 205. The summed E-state index contributed by atoms with van der Waals surface area (Å²) in [6, 6.07) is -7.77. The maximum absolute atomic E-state index is 15.1. The van der Waals surface area contributed by atoms with Crippen molar-refractivity contribution in [2.75, 3.05) is 13.1 Å². The Bertz CT molecular complexity index is 3880. The molecule has 2 heterocycles. The number of carbonyl (C=O) groups excluding carboxylic acids is 14. The highest BCUT2D eigenvalue weighted by Gasteiger charge is 2.61. The van der Waals surface area contributed by atoms with Gasteiger partial charge in [0.25, 0.3) is 5.91 Å². The molecule has 0 spiro atoms. The Morgan fingerprint density at radius 2 is 1.18 bits per heavy atom. The lowest BCUT2D eigenvalue weighted by atomic mass is 9.44. The Kier molecular flexibility index (Phi) is 37.6. The number of aliphatic hydroxyl groups excluding tert-OH is 2. The number of nitrogens with two attached hydrogens (primary N) is 1. The van der Waals surface area contributed by atoms with Crippen molar-refractivity contribution in [1.82, 2.24) is 68.7 Å². The molecule has 4 aliphatic carbocycles. The second-order valence-electron chi connectivity index (χ2n) is 38.7. The van der Waals surface area contributed by atoms with Crippen LogP contribution in [0.5, 0.6) is 0 Å². The molecule has 13 amide bonds. The van der Waals surface area contributed by atoms with E-state index in [1.807, 2.05) is 0 Å². The summed E-state index contributed by atoms with van der Waals surface area (Å²) in [5.41, 5.74) is 6.84. The molecule has 123 heavy (non-hydrogen) atoms. The lowest BCUT2D eigenvalue weighted by Gasteiger charge is -2.61. The molecule has 0 unspecified atom stereocenters. The van der Waals surface area contributed by atoms with E-state index in [9.17, 15) is 67.7 Å². The smallest absolute Gasteiger partial charge is 0.329 e. The van der Waals surface area contributed by atoms with Gasteiger partial charge >= 0.3 is 5.97 Å². The van der Waals surface area contributed by atoms with Gasteiger partial charge in [-0.2, -0.15) is 0 Å². The lowest BCUT2D eigenvalue weighted by molar-refractivity contribution is -0.157. The van der Waals surface area contributed by atoms with Gasteiger partial charge in [0.2, 0.25) is 70.9 Å². The number of ether oxygens (including phenoxy) is 1. The number of hydrogen-bond donors (Lipinski definition) is 15. The number of rotatable bonds is 33. The third-order valence-electron chi connectivity index (χ3n) is 28.3. The van der Waals surface area contributed by atoms with Gasteiger partial charge in [-0.05, 0) is 211 Å². The van der Waals surface area contributed by atoms with Crippen molar-refractivity contribution in [3.63, 3.8) is 0 Å². The SMILES string of the molecule is C/C=C1\NC(=O)[C@H](Cc2ccccc2)NC(=O)[C@@H](C(C)C)NC(=O)[C@@H]([C@H](C)CC)NC(=O)[C@H](NC(=O)[C@H](NC(=O)[C@H](CCCN)NC(=O)[C@H]2CCCN2C(=O)[C@H](NC(=O)[C@@H](NC(=O)[C@@H](NC(=O)[C@H](NC(=O)CC[C@@H](C)[C@H]2CC[C@H]3[C@@H]4CC[C@@H]5C[C@H](O)CC[C@]5(C)[C@H]4CC[C@]23C)C(C)C)[C@@H](C)O)C(C)C)C(C)C)[C@H](C)CC)[C@H](C)OC(=O)[C@H](C(C)C)NC1=O. The molecule has 31 heteroatoms. The Morgan fingerprint density at radius 3 is 1.77 bits per heavy atom. The number of cyclic esters (lactones) is 1. The normalized spacial score (nSPS) is 29.6. The maximum atomic E-state index is 15.1. The number of fused-ring (bicyclic) bond motifs is 5. The monoisotopic (exact) mass is 1720 g/mol. The van der Waals surface area contributed by atoms with E-state index in [4.69, 9.17) is 10.5 Å². The molecule has 31 nitrogen and oxygen atoms in total. The largest absolute Gasteiger partial charge is 0.458 e. The Hall–Kier alpha value is -8.58. The van der Waals surface area contributed by atoms with Crippen LogP contribution in [-0.4, -0.2) is 202 Å². The molecule has 2 aliphatic heterocycles. The van der Waals surface area contributed by atoms with Gasteiger partial charge in [-0.3, -0.25) is 62.3 Å². The highest BCUT2D eigenvalue weighted by Crippen LogP contribution is 2.68. The molecule has 7 rings (SSSR count). The number of nitrogens with one attached hydrogen (secondary N) is 12. The molecule has 6 aliphatic rings. The van der Waals surface area contributed by atoms with Crippen LogP contribution >= 0.6 is 0 Å². The van der Waals surface area contributed by atoms with E-state index in [1.54, 1.807) is 127 Å². The van der Waals surface area contributed by atoms with Gasteiger partial charge in [0.1, 0.15) is 84.3 Å². The van der Waals surface area contributed by atoms with Crippen molar-refractivity contribution in [3.05, 3.63) is 47.7 Å². The topological polar surface area (TPSA) is 462 Å². The number of benzene rings is 1. The number of esters is 1. The highest BCUT2D eigenvalue weighted by molar-refractivity contribution is 6.03. The van der Waals surface area contributed by atoms with E-state index < -0.39 is 203 Å². The van der Waals surface area contributed by atoms with E-state index in [0.29, 0.717) is 54.4 Å². The first-order valence-electron chi connectivity index (χ1n) is 45.8. The Labute approximate surface area is 729 Å². The zero-order valence-corrected chi connectivity index (χ0v) is 76.8. The van der Waals surface area contributed by atoms with Crippen LogP contribution in [0, 0.1) is 87.8 Å². The van der Waals surface area contributed by atoms with Crippen LogP contribution in [0.3, 0.4) is 0 Å². The first kappa shape index (κ1) is 102. The third-order valence-corrected chi connectivity index (χ3v) is 28.3. The van der Waals surface area contributed by atoms with Crippen LogP contribution < -0.4 is 69.5 Å². The van der Waals surface area contributed by atoms with Crippen LogP contribution in [-0.2, 0) is 78.3 Å². The molecule has 16 N–H and O–H groups in total. The number of carbonyl (C=O) groups is 14. The van der Waals surface area contributed by atoms with Gasteiger partial charge in [0, 0.05) is 19.4 Å². The predicted octanol–water partition coefficient (Wildman–Crippen LogP) is 5.45. The summed E-state index contributed by atoms with van der Waals surface area (Å²) >= 11 is 0. The molecular formula is C92H150N14O17. The highest BCUT2D eigenvalue weighted by atomic mass is 16.5. The standard InChI is InChI=1S/C92H150N14O17/c1-21-52(14)74(86(118)105-77-56(18)123-90(122)73(51(12)13)101-78(110)64(23-3)94-80(112)66(45-57-29-25-24-26-30-57)96-82(114)70(48(6)7)98-85(117)75(53(15)22-2)103-88(77)120)102-79(111)65(31-27-43-93)95-81(113)67-32-28-44-106(67)89(121)72(50(10)11)100-84(116)71(49(8)9)99-87(119)76(55(17)107)104-83(115)69(47(4)5)97-68(109)38-33-54(16)61-36-37-62-60-35-34-58-46-59(108)39-41-91(58,19)63(60)40-42-92(61,62)20/h23-26,29-30,47-56,58-63,65-67,69-77,107-108H,21-22,27-28,31-46,93H2,1-20H3,(H,94,112)(H,95,113)(H,96,114)(H,97,109)(H,98,117)(H,99,119)(H,100,116)(H,101,110)(H,102,111)(H,103,120)(H,104,115)(H,105,118)/b64-23-/t52-,53-,54-,55-,56+,58-,59-,60+,61-,62+,63+,65+,66+,67-,69-,70-,71+,72-,73+,74-,75-,76+,77-,91+,92-/m1/s1. The number of nitrogens with zero attached hydrogens (tertiary/aromatic N) is 1. The van der Waals surface area contributed by atoms with E-state index in [2.05, 4.69) is 84.6 Å². The lowest BCUT2D eigenvalue weighted by Crippen LogP contribution is -2.64. The molecule has 0 bridgehead atoms. The molecule has 1 aromatic carbocycles. The van der Waals surface area contributed by atoms with Gasteiger partial charge in [0.15, 0.2) is 0 Å². The molecule has 25 atom stereocenters. The van der Waals surface area contributed by atoms with Crippen molar-refractivity contribution in [1.29, 1.82) is 0 Å². The van der Waals surface area contributed by atoms with Gasteiger partial charge in [-0.1, -0.05) is 167 Å². The van der Waals surface area contributed by atoms with Crippen molar-refractivity contribution in [3.8, 4) is 0 Å². The molecule has 0 radical (unpaired) electrons. The maximum Gasteiger partial charge on any atom is 0.329 e. The summed E-state index contributed by atoms with van der Waals surface area (Å²) in [5.74, 6) is -12.2. The van der Waals surface area contributed by atoms with E-state index in [0.717, 1.165) is 32.1 Å². The van der Waals surface area contributed by atoms with Crippen LogP contribution in [0.4, 0.5) is 0 Å². The summed E-state index contributed by atoms with van der Waals surface area (Å²) in [7, 11) is 0. The fourth-order valence-corrected chi connectivity index (χ4v) is 20.2. The van der Waals surface area contributed by atoms with Gasteiger partial charge in [-0.25, -0.2) is 4.79 Å². The minimum Gasteiger partial charge on any atom is -0.458 e. The Morgan fingerprint density at radius 1 is 0.602 bits per heavy atom. The number of aliphatic hydroxyl groups is 2. The summed E-state index contributed by atoms with van der Waals surface area (Å²) < 4.78 is 5.99. The minimum atomic E-state index is -1.83. The van der Waals surface area contributed by atoms with E-state index in [1.165, 1.54) is 57.4 Å². The van der Waals surface area contributed by atoms with Crippen molar-refractivity contribution in [2.24, 2.45) is 93.5 Å². The number of likely N-dealkylation sites (tertiary alicyclic amines) is 1. The van der Waals surface area contributed by atoms with E-state index >= 15 is 9.59 Å². The quantitative estimate of drug-likeness (QED) is 0.0307. The molecule has 0 aromatic heterocycles. The molecule has 4 saturated carbocycles. The fraction of sp³-hybridized carbons (Fsp3) is 0.761. The van der Waals surface area contributed by atoms with Crippen LogP contribution in [0.25, 0.3) is 0 Å². The molecule has 690 valence electrons. The fourth-order valence-electron chi connectivity index (χ4n) is 20.2. The summed E-state index contributed by atoms with van der Waals surface area (Å²) in [6.07, 6.45) is 10.0. The van der Waals surface area contributed by atoms with Crippen LogP contribution in [0.1, 0.15) is 253 Å². The van der Waals surface area contributed by atoms with Crippen LogP contribution in [0.15, 0.2) is 42.1 Å². The molecular weight excluding hydrogens is 1570 g/mol. The average Bonchev–Trinajstić information content (AvgIpc) is 1.67. The number of amides is 13. The first-order valence-corrected chi connectivity index (χ1v) is 45.8. The second kappa shape index (κ2) is 45.5. The van der Waals surface area contributed by atoms with Gasteiger partial charge in [-0.15, -0.1) is 0 Å². The van der Waals surface area contributed by atoms with Crippen molar-refractivity contribution >= 4 is 82.8 Å². The number of allylic oxidation sites excluding steroid dienone is 1. The van der Waals surface area contributed by atoms with Gasteiger partial charge in [0.05, 0.1) is 12.2 Å². The third kappa shape index (κ3) is 25.6. The van der Waals surface area contributed by atoms with Crippen LogP contribution in [0.2, 0.25) is 0 Å². The minimum absolute atomic E-state index is 0.0369. The molecule has 1 aromatic rings. The average molecular weight is 1720 g/mol. The molecule has 2 saturated heterocycles. The van der Waals surface area contributed by atoms with E-state index in [-0.39, 0.29) is 86.1 Å². The zero-order chi connectivity index (χ0) is 91.6. The zero-order valence-electron chi connectivity index (χ0n) is 76.8. The molecule has 6 fully saturated rings.